The number of nitrogens with one attached hydrogen (secondary N) is 1. The monoisotopic (exact) mass is 554 g/mol. The van der Waals surface area contributed by atoms with Crippen molar-refractivity contribution >= 4 is 5.91 Å². The number of aryl methyl sites for hydroxylation is 1. The average Bonchev–Trinajstić information content (AvgIpc) is 3.27. The molecule has 0 saturated heterocycles. The molecule has 0 bridgehead atoms. The largest absolute Gasteiger partial charge is 0.435 e. The minimum Gasteiger partial charge on any atom is -0.346 e. The molecule has 4 aromatic rings. The zero-order chi connectivity index (χ0) is 28.4. The van der Waals surface area contributed by atoms with Crippen LogP contribution in [0, 0.1) is 18.6 Å². The normalized spacial score (nSPS) is 14.1. The molecule has 5 rings (SSSR count). The van der Waals surface area contributed by atoms with Crippen LogP contribution in [-0.2, 0) is 36.8 Å². The van der Waals surface area contributed by atoms with Crippen LogP contribution >= 0.6 is 0 Å². The zero-order valence-electron chi connectivity index (χ0n) is 21.7. The molecule has 0 saturated carbocycles. The van der Waals surface area contributed by atoms with Gasteiger partial charge in [0, 0.05) is 29.1 Å². The van der Waals surface area contributed by atoms with E-state index in [1.165, 1.54) is 12.1 Å². The van der Waals surface area contributed by atoms with Gasteiger partial charge >= 0.3 is 6.18 Å². The van der Waals surface area contributed by atoms with Gasteiger partial charge in [0.25, 0.3) is 0 Å². The molecule has 208 valence electrons. The average molecular weight is 555 g/mol. The van der Waals surface area contributed by atoms with Crippen LogP contribution < -0.4 is 5.32 Å². The lowest BCUT2D eigenvalue weighted by Crippen LogP contribution is -2.34. The number of carbonyl (C=O) groups excluding carboxylic acids is 1. The Hall–Kier alpha value is -4.08. The number of nitrogens with zero attached hydrogens (tertiary/aromatic N) is 3. The summed E-state index contributed by atoms with van der Waals surface area (Å²) in [5.74, 6) is -2.11. The first-order valence-corrected chi connectivity index (χ1v) is 13.0. The van der Waals surface area contributed by atoms with Crippen molar-refractivity contribution in [2.75, 3.05) is 0 Å². The number of hydrogen-bond donors (Lipinski definition) is 1. The van der Waals surface area contributed by atoms with Gasteiger partial charge in [-0.3, -0.25) is 14.5 Å². The van der Waals surface area contributed by atoms with E-state index in [2.05, 4.69) is 15.4 Å². The number of halogens is 5. The fourth-order valence-corrected chi connectivity index (χ4v) is 5.38. The summed E-state index contributed by atoms with van der Waals surface area (Å²) < 4.78 is 70.2. The highest BCUT2D eigenvalue weighted by Crippen LogP contribution is 2.36. The predicted octanol–water partition coefficient (Wildman–Crippen LogP) is 6.53. The van der Waals surface area contributed by atoms with Crippen molar-refractivity contribution in [3.8, 4) is 11.1 Å². The molecular weight excluding hydrogens is 527 g/mol. The summed E-state index contributed by atoms with van der Waals surface area (Å²) in [6.07, 6.45) is -1.07. The van der Waals surface area contributed by atoms with Gasteiger partial charge in [-0.1, -0.05) is 30.3 Å². The van der Waals surface area contributed by atoms with Crippen molar-refractivity contribution < 1.29 is 26.7 Å². The van der Waals surface area contributed by atoms with E-state index >= 15 is 0 Å². The molecule has 1 amide bonds. The Kier molecular flexibility index (Phi) is 7.69. The molecule has 5 nitrogen and oxygen atoms in total. The van der Waals surface area contributed by atoms with Gasteiger partial charge in [0.1, 0.15) is 18.2 Å². The van der Waals surface area contributed by atoms with Crippen molar-refractivity contribution in [1.82, 2.24) is 20.1 Å². The highest BCUT2D eigenvalue weighted by Gasteiger charge is 2.39. The van der Waals surface area contributed by atoms with Crippen LogP contribution in [0.5, 0.6) is 0 Å². The third kappa shape index (κ3) is 5.90. The molecule has 1 atom stereocenters. The molecule has 2 aromatic carbocycles. The topological polar surface area (TPSA) is 59.8 Å². The molecule has 10 heteroatoms. The molecule has 0 aliphatic heterocycles. The van der Waals surface area contributed by atoms with Crippen LogP contribution in [-0.4, -0.2) is 20.7 Å². The van der Waals surface area contributed by atoms with Crippen molar-refractivity contribution in [2.24, 2.45) is 0 Å². The maximum absolute atomic E-state index is 14.0. The number of benzene rings is 2. The maximum atomic E-state index is 14.0. The van der Waals surface area contributed by atoms with Crippen molar-refractivity contribution in [2.45, 2.75) is 57.8 Å². The zero-order valence-corrected chi connectivity index (χ0v) is 21.7. The minimum atomic E-state index is -4.62. The van der Waals surface area contributed by atoms with Gasteiger partial charge in [-0.05, 0) is 73.9 Å². The molecule has 1 unspecified atom stereocenters. The second-order valence-electron chi connectivity index (χ2n) is 9.99. The number of rotatable bonds is 7. The fourth-order valence-electron chi connectivity index (χ4n) is 5.38. The quantitative estimate of drug-likeness (QED) is 0.264. The molecule has 0 radical (unpaired) electrons. The summed E-state index contributed by atoms with van der Waals surface area (Å²) >= 11 is 0. The van der Waals surface area contributed by atoms with Gasteiger partial charge in [0.15, 0.2) is 5.69 Å². The number of aromatic nitrogens is 3. The summed E-state index contributed by atoms with van der Waals surface area (Å²) in [7, 11) is 0. The summed E-state index contributed by atoms with van der Waals surface area (Å²) in [4.78, 5) is 17.9. The Morgan fingerprint density at radius 3 is 2.42 bits per heavy atom. The Labute approximate surface area is 228 Å². The van der Waals surface area contributed by atoms with E-state index in [4.69, 9.17) is 0 Å². The fraction of sp³-hybridized carbons (Fsp3) is 0.300. The Balaban J connectivity index is 1.50. The molecule has 1 aliphatic carbocycles. The van der Waals surface area contributed by atoms with Crippen LogP contribution in [0.25, 0.3) is 11.1 Å². The van der Waals surface area contributed by atoms with Crippen LogP contribution in [0.2, 0.25) is 0 Å². The first-order chi connectivity index (χ1) is 19.1. The van der Waals surface area contributed by atoms with Crippen molar-refractivity contribution in [1.29, 1.82) is 0 Å². The molecular formula is C30H27F5N4O. The van der Waals surface area contributed by atoms with Gasteiger partial charge < -0.3 is 5.32 Å². The van der Waals surface area contributed by atoms with Crippen LogP contribution in [0.15, 0.2) is 60.8 Å². The Morgan fingerprint density at radius 1 is 1.00 bits per heavy atom. The summed E-state index contributed by atoms with van der Waals surface area (Å²) in [6, 6.07) is 13.5. The number of hydrogen-bond acceptors (Lipinski definition) is 3. The van der Waals surface area contributed by atoms with E-state index in [0.717, 1.165) is 27.4 Å². The molecule has 40 heavy (non-hydrogen) atoms. The number of pyridine rings is 1. The van der Waals surface area contributed by atoms with Gasteiger partial charge in [-0.25, -0.2) is 8.78 Å². The molecule has 2 heterocycles. The molecule has 0 fully saturated rings. The van der Waals surface area contributed by atoms with E-state index in [9.17, 15) is 26.7 Å². The summed E-state index contributed by atoms with van der Waals surface area (Å²) in [6.45, 7) is 1.50. The van der Waals surface area contributed by atoms with Crippen LogP contribution in [0.3, 0.4) is 0 Å². The van der Waals surface area contributed by atoms with E-state index in [0.29, 0.717) is 36.2 Å². The first-order valence-electron chi connectivity index (χ1n) is 13.0. The lowest BCUT2D eigenvalue weighted by atomic mass is 9.93. The standard InChI is InChI=1S/C30H27F5N4O/c1-18-7-2-3-8-22(18)23-10-6-12-36-28(23)25(15-19-13-20(31)16-21(32)14-19)37-27(40)17-39-26-11-5-4-9-24(26)29(38-39)30(33,34)35/h2-3,6-8,10,12-14,16,25H,4-5,9,11,15,17H2,1H3,(H,37,40). The number of fused-ring (bicyclic) bond motifs is 1. The minimum absolute atomic E-state index is 0.00132. The SMILES string of the molecule is Cc1ccccc1-c1cccnc1C(Cc1cc(F)cc(F)c1)NC(=O)Cn1nc(C(F)(F)F)c2c1CCCC2. The van der Waals surface area contributed by atoms with Gasteiger partial charge in [-0.15, -0.1) is 0 Å². The third-order valence-corrected chi connectivity index (χ3v) is 7.12. The summed E-state index contributed by atoms with van der Waals surface area (Å²) in [5.41, 5.74) is 2.91. The molecule has 2 aromatic heterocycles. The first kappa shape index (κ1) is 27.5. The van der Waals surface area contributed by atoms with Gasteiger partial charge in [0.2, 0.25) is 5.91 Å². The predicted molar refractivity (Wildman–Crippen MR) is 139 cm³/mol. The number of carbonyl (C=O) groups is 1. The van der Waals surface area contributed by atoms with E-state index in [-0.39, 0.29) is 18.4 Å². The van der Waals surface area contributed by atoms with Crippen molar-refractivity contribution in [3.63, 3.8) is 0 Å². The molecule has 0 spiro atoms. The van der Waals surface area contributed by atoms with Crippen LogP contribution in [0.1, 0.15) is 52.7 Å². The van der Waals surface area contributed by atoms with Crippen LogP contribution in [0.4, 0.5) is 22.0 Å². The highest BCUT2D eigenvalue weighted by atomic mass is 19.4. The smallest absolute Gasteiger partial charge is 0.346 e. The number of alkyl halides is 3. The Morgan fingerprint density at radius 2 is 1.70 bits per heavy atom. The second kappa shape index (κ2) is 11.2. The molecule has 1 aliphatic rings. The van der Waals surface area contributed by atoms with Gasteiger partial charge in [-0.2, -0.15) is 18.3 Å². The molecule has 1 N–H and O–H groups in total. The number of amides is 1. The van der Waals surface area contributed by atoms with E-state index in [1.54, 1.807) is 12.3 Å². The highest BCUT2D eigenvalue weighted by molar-refractivity contribution is 5.77. The third-order valence-electron chi connectivity index (χ3n) is 7.12. The van der Waals surface area contributed by atoms with E-state index < -0.39 is 42.0 Å². The Bertz CT molecular complexity index is 1530. The maximum Gasteiger partial charge on any atom is 0.435 e. The lowest BCUT2D eigenvalue weighted by molar-refractivity contribution is -0.142. The lowest BCUT2D eigenvalue weighted by Gasteiger charge is -2.22. The van der Waals surface area contributed by atoms with Gasteiger partial charge in [0.05, 0.1) is 11.7 Å². The van der Waals surface area contributed by atoms with Crippen molar-refractivity contribution in [3.05, 3.63) is 106 Å². The summed E-state index contributed by atoms with van der Waals surface area (Å²) in [5, 5.41) is 6.65. The second-order valence-corrected chi connectivity index (χ2v) is 9.99. The van der Waals surface area contributed by atoms with E-state index in [1.807, 2.05) is 37.3 Å².